The molecule has 1 amide bonds. The van der Waals surface area contributed by atoms with Gasteiger partial charge in [-0.05, 0) is 32.9 Å². The number of amides is 1. The summed E-state index contributed by atoms with van der Waals surface area (Å²) in [6, 6.07) is 0.445. The van der Waals surface area contributed by atoms with E-state index in [1.54, 1.807) is 7.05 Å². The first-order valence-corrected chi connectivity index (χ1v) is 5.34. The topological polar surface area (TPSA) is 58.4 Å². The SMILES string of the molecule is CNC(=O)C1CCN(C(C)CN)CC1. The number of carbonyl (C=O) groups excluding carboxylic acids is 1. The van der Waals surface area contributed by atoms with E-state index in [9.17, 15) is 4.79 Å². The van der Waals surface area contributed by atoms with Gasteiger partial charge < -0.3 is 11.1 Å². The molecule has 1 fully saturated rings. The lowest BCUT2D eigenvalue weighted by molar-refractivity contribution is -0.126. The van der Waals surface area contributed by atoms with Gasteiger partial charge in [-0.15, -0.1) is 0 Å². The molecule has 0 radical (unpaired) electrons. The minimum atomic E-state index is 0.185. The molecule has 1 saturated heterocycles. The molecular formula is C10H21N3O. The summed E-state index contributed by atoms with van der Waals surface area (Å²) in [7, 11) is 1.71. The predicted octanol–water partition coefficient (Wildman–Crippen LogP) is -0.208. The van der Waals surface area contributed by atoms with Crippen LogP contribution in [0.1, 0.15) is 19.8 Å². The van der Waals surface area contributed by atoms with Crippen LogP contribution in [0, 0.1) is 5.92 Å². The molecule has 0 aromatic carbocycles. The number of likely N-dealkylation sites (tertiary alicyclic amines) is 1. The van der Waals surface area contributed by atoms with Crippen molar-refractivity contribution in [1.82, 2.24) is 10.2 Å². The van der Waals surface area contributed by atoms with Gasteiger partial charge in [-0.1, -0.05) is 0 Å². The van der Waals surface area contributed by atoms with E-state index in [0.717, 1.165) is 25.9 Å². The molecule has 1 rings (SSSR count). The molecule has 4 nitrogen and oxygen atoms in total. The summed E-state index contributed by atoms with van der Waals surface area (Å²) in [6.07, 6.45) is 1.92. The van der Waals surface area contributed by atoms with Gasteiger partial charge in [0.05, 0.1) is 0 Å². The second-order valence-corrected chi connectivity index (χ2v) is 4.01. The molecule has 0 bridgehead atoms. The van der Waals surface area contributed by atoms with Gasteiger partial charge in [0.2, 0.25) is 5.91 Å². The summed E-state index contributed by atoms with van der Waals surface area (Å²) < 4.78 is 0. The molecular weight excluding hydrogens is 178 g/mol. The van der Waals surface area contributed by atoms with Crippen LogP contribution >= 0.6 is 0 Å². The maximum atomic E-state index is 11.4. The van der Waals surface area contributed by atoms with E-state index in [4.69, 9.17) is 5.73 Å². The van der Waals surface area contributed by atoms with Crippen molar-refractivity contribution >= 4 is 5.91 Å². The number of nitrogens with zero attached hydrogens (tertiary/aromatic N) is 1. The fourth-order valence-corrected chi connectivity index (χ4v) is 1.96. The first-order chi connectivity index (χ1) is 6.69. The lowest BCUT2D eigenvalue weighted by atomic mass is 9.95. The minimum Gasteiger partial charge on any atom is -0.359 e. The van der Waals surface area contributed by atoms with Crippen molar-refractivity contribution in [2.24, 2.45) is 11.7 Å². The van der Waals surface area contributed by atoms with Crippen LogP contribution in [0.2, 0.25) is 0 Å². The van der Waals surface area contributed by atoms with Crippen molar-refractivity contribution in [2.45, 2.75) is 25.8 Å². The summed E-state index contributed by atoms with van der Waals surface area (Å²) >= 11 is 0. The maximum absolute atomic E-state index is 11.4. The Morgan fingerprint density at radius 2 is 2.14 bits per heavy atom. The number of hydrogen-bond acceptors (Lipinski definition) is 3. The molecule has 1 unspecified atom stereocenters. The number of piperidine rings is 1. The van der Waals surface area contributed by atoms with Gasteiger partial charge in [0.1, 0.15) is 0 Å². The van der Waals surface area contributed by atoms with Crippen molar-refractivity contribution in [1.29, 1.82) is 0 Å². The van der Waals surface area contributed by atoms with Crippen molar-refractivity contribution in [3.63, 3.8) is 0 Å². The monoisotopic (exact) mass is 199 g/mol. The lowest BCUT2D eigenvalue weighted by Crippen LogP contribution is -2.45. The largest absolute Gasteiger partial charge is 0.359 e. The highest BCUT2D eigenvalue weighted by Crippen LogP contribution is 2.18. The fraction of sp³-hybridized carbons (Fsp3) is 0.900. The van der Waals surface area contributed by atoms with E-state index in [1.165, 1.54) is 0 Å². The van der Waals surface area contributed by atoms with Crippen LogP contribution in [0.3, 0.4) is 0 Å². The third kappa shape index (κ3) is 2.69. The molecule has 0 saturated carbocycles. The standard InChI is InChI=1S/C10H21N3O/c1-8(7-11)13-5-3-9(4-6-13)10(14)12-2/h8-9H,3-7,11H2,1-2H3,(H,12,14). The molecule has 3 N–H and O–H groups in total. The van der Waals surface area contributed by atoms with Crippen LogP contribution in [0.15, 0.2) is 0 Å². The second kappa shape index (κ2) is 5.32. The molecule has 1 aliphatic rings. The minimum absolute atomic E-state index is 0.185. The summed E-state index contributed by atoms with van der Waals surface area (Å²) in [5.41, 5.74) is 5.60. The summed E-state index contributed by atoms with van der Waals surface area (Å²) in [6.45, 7) is 4.83. The Morgan fingerprint density at radius 3 is 2.57 bits per heavy atom. The number of rotatable bonds is 3. The fourth-order valence-electron chi connectivity index (χ4n) is 1.96. The average molecular weight is 199 g/mol. The van der Waals surface area contributed by atoms with Crippen molar-refractivity contribution in [3.05, 3.63) is 0 Å². The van der Waals surface area contributed by atoms with Crippen LogP contribution in [-0.4, -0.2) is 43.5 Å². The predicted molar refractivity (Wildman–Crippen MR) is 56.9 cm³/mol. The molecule has 1 aliphatic heterocycles. The van der Waals surface area contributed by atoms with Crippen LogP contribution in [0.5, 0.6) is 0 Å². The van der Waals surface area contributed by atoms with Gasteiger partial charge >= 0.3 is 0 Å². The van der Waals surface area contributed by atoms with E-state index in [0.29, 0.717) is 12.6 Å². The third-order valence-electron chi connectivity index (χ3n) is 3.11. The van der Waals surface area contributed by atoms with Gasteiger partial charge in [0.25, 0.3) is 0 Å². The van der Waals surface area contributed by atoms with Gasteiger partial charge in [-0.2, -0.15) is 0 Å². The van der Waals surface area contributed by atoms with Crippen LogP contribution in [0.25, 0.3) is 0 Å². The zero-order chi connectivity index (χ0) is 10.6. The molecule has 82 valence electrons. The van der Waals surface area contributed by atoms with Gasteiger partial charge in [0, 0.05) is 25.6 Å². The molecule has 0 aliphatic carbocycles. The van der Waals surface area contributed by atoms with Crippen molar-refractivity contribution in [3.8, 4) is 0 Å². The summed E-state index contributed by atoms with van der Waals surface area (Å²) in [5.74, 6) is 0.395. The Kier molecular flexibility index (Phi) is 4.35. The number of nitrogens with two attached hydrogens (primary N) is 1. The average Bonchev–Trinajstić information content (AvgIpc) is 2.27. The molecule has 14 heavy (non-hydrogen) atoms. The van der Waals surface area contributed by atoms with Gasteiger partial charge in [0.15, 0.2) is 0 Å². The summed E-state index contributed by atoms with van der Waals surface area (Å²) in [4.78, 5) is 13.7. The molecule has 4 heteroatoms. The second-order valence-electron chi connectivity index (χ2n) is 4.01. The Balaban J connectivity index is 2.34. The first kappa shape index (κ1) is 11.5. The third-order valence-corrected chi connectivity index (χ3v) is 3.11. The van der Waals surface area contributed by atoms with Gasteiger partial charge in [-0.3, -0.25) is 9.69 Å². The Hall–Kier alpha value is -0.610. The summed E-state index contributed by atoms with van der Waals surface area (Å²) in [5, 5.41) is 2.71. The first-order valence-electron chi connectivity index (χ1n) is 5.34. The lowest BCUT2D eigenvalue weighted by Gasteiger charge is -2.34. The smallest absolute Gasteiger partial charge is 0.222 e. The zero-order valence-corrected chi connectivity index (χ0v) is 9.12. The number of hydrogen-bond donors (Lipinski definition) is 2. The van der Waals surface area contributed by atoms with E-state index < -0.39 is 0 Å². The van der Waals surface area contributed by atoms with Crippen LogP contribution < -0.4 is 11.1 Å². The van der Waals surface area contributed by atoms with E-state index in [-0.39, 0.29) is 11.8 Å². The molecule has 1 atom stereocenters. The molecule has 0 spiro atoms. The number of carbonyl (C=O) groups is 1. The van der Waals surface area contributed by atoms with E-state index in [2.05, 4.69) is 17.1 Å². The molecule has 1 heterocycles. The highest BCUT2D eigenvalue weighted by atomic mass is 16.1. The number of nitrogens with one attached hydrogen (secondary N) is 1. The maximum Gasteiger partial charge on any atom is 0.222 e. The normalized spacial score (nSPS) is 21.9. The van der Waals surface area contributed by atoms with Crippen LogP contribution in [0.4, 0.5) is 0 Å². The Bertz CT molecular complexity index is 188. The molecule has 0 aromatic rings. The van der Waals surface area contributed by atoms with E-state index in [1.807, 2.05) is 0 Å². The van der Waals surface area contributed by atoms with Gasteiger partial charge in [-0.25, -0.2) is 0 Å². The van der Waals surface area contributed by atoms with Crippen molar-refractivity contribution in [2.75, 3.05) is 26.7 Å². The highest BCUT2D eigenvalue weighted by Gasteiger charge is 2.25. The van der Waals surface area contributed by atoms with Crippen molar-refractivity contribution < 1.29 is 4.79 Å². The molecule has 0 aromatic heterocycles. The van der Waals surface area contributed by atoms with E-state index >= 15 is 0 Å². The highest BCUT2D eigenvalue weighted by molar-refractivity contribution is 5.78. The Morgan fingerprint density at radius 1 is 1.57 bits per heavy atom. The zero-order valence-electron chi connectivity index (χ0n) is 9.12. The Labute approximate surface area is 85.8 Å². The van der Waals surface area contributed by atoms with Crippen LogP contribution in [-0.2, 0) is 4.79 Å². The quantitative estimate of drug-likeness (QED) is 0.661.